The number of rotatable bonds is 4. The standard InChI is InChI=1S/C12H17ClN4OS/c1-17(2)12(3-5-18-6-4-12)8-15-11-9(7-14)10(13)16-19-11/h15H,3-6,8H2,1-2H3. The van der Waals surface area contributed by atoms with E-state index in [1.165, 1.54) is 11.5 Å². The maximum Gasteiger partial charge on any atom is 0.162 e. The van der Waals surface area contributed by atoms with Crippen LogP contribution in [-0.2, 0) is 4.74 Å². The highest BCUT2D eigenvalue weighted by Crippen LogP contribution is 2.31. The van der Waals surface area contributed by atoms with E-state index in [1.54, 1.807) is 0 Å². The molecular weight excluding hydrogens is 284 g/mol. The van der Waals surface area contributed by atoms with E-state index >= 15 is 0 Å². The van der Waals surface area contributed by atoms with Crippen molar-refractivity contribution in [3.63, 3.8) is 0 Å². The van der Waals surface area contributed by atoms with Gasteiger partial charge in [0.2, 0.25) is 0 Å². The predicted octanol–water partition coefficient (Wildman–Crippen LogP) is 2.19. The molecule has 0 saturated carbocycles. The van der Waals surface area contributed by atoms with E-state index in [4.69, 9.17) is 21.6 Å². The van der Waals surface area contributed by atoms with Crippen LogP contribution in [0.3, 0.4) is 0 Å². The monoisotopic (exact) mass is 300 g/mol. The number of likely N-dealkylation sites (N-methyl/N-ethyl adjacent to an activating group) is 1. The van der Waals surface area contributed by atoms with Crippen molar-refractivity contribution in [1.29, 1.82) is 5.26 Å². The van der Waals surface area contributed by atoms with Crippen LogP contribution < -0.4 is 5.32 Å². The zero-order chi connectivity index (χ0) is 13.9. The number of hydrogen-bond acceptors (Lipinski definition) is 6. The van der Waals surface area contributed by atoms with Gasteiger partial charge in [-0.05, 0) is 38.5 Å². The maximum absolute atomic E-state index is 9.06. The molecule has 0 unspecified atom stereocenters. The highest BCUT2D eigenvalue weighted by atomic mass is 35.5. The van der Waals surface area contributed by atoms with Gasteiger partial charge in [0.15, 0.2) is 5.15 Å². The summed E-state index contributed by atoms with van der Waals surface area (Å²) < 4.78 is 9.44. The Balaban J connectivity index is 2.09. The lowest BCUT2D eigenvalue weighted by Crippen LogP contribution is -2.53. The molecular formula is C12H17ClN4OS. The van der Waals surface area contributed by atoms with Gasteiger partial charge in [0.1, 0.15) is 16.6 Å². The molecule has 1 aliphatic rings. The summed E-state index contributed by atoms with van der Waals surface area (Å²) in [4.78, 5) is 2.23. The number of anilines is 1. The number of halogens is 1. The molecule has 1 aliphatic heterocycles. The number of nitrogens with zero attached hydrogens (tertiary/aromatic N) is 3. The third-order valence-corrected chi connectivity index (χ3v) is 4.89. The van der Waals surface area contributed by atoms with Crippen molar-refractivity contribution in [2.24, 2.45) is 0 Å². The van der Waals surface area contributed by atoms with Gasteiger partial charge >= 0.3 is 0 Å². The van der Waals surface area contributed by atoms with Crippen LogP contribution in [0.1, 0.15) is 18.4 Å². The van der Waals surface area contributed by atoms with Crippen LogP contribution in [-0.4, -0.2) is 48.7 Å². The normalized spacial score (nSPS) is 18.3. The molecule has 0 aromatic carbocycles. The fourth-order valence-corrected chi connectivity index (χ4v) is 3.20. The Morgan fingerprint density at radius 2 is 2.21 bits per heavy atom. The average molecular weight is 301 g/mol. The molecule has 0 spiro atoms. The van der Waals surface area contributed by atoms with E-state index in [0.717, 1.165) is 37.6 Å². The smallest absolute Gasteiger partial charge is 0.162 e. The van der Waals surface area contributed by atoms with Gasteiger partial charge in [-0.25, -0.2) is 0 Å². The largest absolute Gasteiger partial charge is 0.381 e. The second-order valence-corrected chi connectivity index (χ2v) is 6.01. The second kappa shape index (κ2) is 6.06. The fraction of sp³-hybridized carbons (Fsp3) is 0.667. The zero-order valence-electron chi connectivity index (χ0n) is 11.1. The van der Waals surface area contributed by atoms with Crippen LogP contribution in [0.5, 0.6) is 0 Å². The molecule has 1 fully saturated rings. The van der Waals surface area contributed by atoms with Crippen molar-refractivity contribution < 1.29 is 4.74 Å². The SMILES string of the molecule is CN(C)C1(CNc2snc(Cl)c2C#N)CCOCC1. The first-order valence-corrected chi connectivity index (χ1v) is 7.28. The molecule has 0 atom stereocenters. The topological polar surface area (TPSA) is 61.2 Å². The minimum atomic E-state index is 0.0570. The fourth-order valence-electron chi connectivity index (χ4n) is 2.27. The van der Waals surface area contributed by atoms with Gasteiger partial charge in [0.05, 0.1) is 0 Å². The summed E-state index contributed by atoms with van der Waals surface area (Å²) in [5, 5.41) is 13.4. The number of ether oxygens (including phenoxy) is 1. The van der Waals surface area contributed by atoms with Crippen LogP contribution in [0.15, 0.2) is 0 Å². The van der Waals surface area contributed by atoms with Crippen molar-refractivity contribution in [2.75, 3.05) is 39.2 Å². The van der Waals surface area contributed by atoms with E-state index < -0.39 is 0 Å². The molecule has 0 radical (unpaired) electrons. The molecule has 7 heteroatoms. The quantitative estimate of drug-likeness (QED) is 0.923. The summed E-state index contributed by atoms with van der Waals surface area (Å²) in [7, 11) is 4.16. The Hall–Kier alpha value is -0.870. The Kier molecular flexibility index (Phi) is 4.63. The lowest BCUT2D eigenvalue weighted by Gasteiger charge is -2.43. The van der Waals surface area contributed by atoms with Crippen LogP contribution in [0.4, 0.5) is 5.00 Å². The first-order chi connectivity index (χ1) is 9.09. The molecule has 1 N–H and O–H groups in total. The molecule has 5 nitrogen and oxygen atoms in total. The number of nitrogens with one attached hydrogen (secondary N) is 1. The molecule has 104 valence electrons. The van der Waals surface area contributed by atoms with E-state index in [9.17, 15) is 0 Å². The Morgan fingerprint density at radius 3 is 2.79 bits per heavy atom. The molecule has 0 bridgehead atoms. The predicted molar refractivity (Wildman–Crippen MR) is 76.8 cm³/mol. The van der Waals surface area contributed by atoms with E-state index in [2.05, 4.69) is 34.8 Å². The van der Waals surface area contributed by atoms with Crippen LogP contribution in [0, 0.1) is 11.3 Å². The van der Waals surface area contributed by atoms with Gasteiger partial charge < -0.3 is 15.0 Å². The van der Waals surface area contributed by atoms with Crippen molar-refractivity contribution in [3.05, 3.63) is 10.7 Å². The van der Waals surface area contributed by atoms with Crippen molar-refractivity contribution in [3.8, 4) is 6.07 Å². The highest BCUT2D eigenvalue weighted by Gasteiger charge is 2.35. The summed E-state index contributed by atoms with van der Waals surface area (Å²) in [6.07, 6.45) is 1.95. The molecule has 2 rings (SSSR count). The van der Waals surface area contributed by atoms with Gasteiger partial charge in [-0.15, -0.1) is 0 Å². The highest BCUT2D eigenvalue weighted by molar-refractivity contribution is 7.10. The van der Waals surface area contributed by atoms with Crippen LogP contribution in [0.2, 0.25) is 5.15 Å². The summed E-state index contributed by atoms with van der Waals surface area (Å²) in [5.41, 5.74) is 0.495. The molecule has 1 aromatic heterocycles. The lowest BCUT2D eigenvalue weighted by molar-refractivity contribution is -0.000598. The Morgan fingerprint density at radius 1 is 1.53 bits per heavy atom. The van der Waals surface area contributed by atoms with Crippen molar-refractivity contribution >= 4 is 28.1 Å². The van der Waals surface area contributed by atoms with Crippen LogP contribution in [0.25, 0.3) is 0 Å². The molecule has 0 amide bonds. The van der Waals surface area contributed by atoms with Gasteiger partial charge in [-0.3, -0.25) is 0 Å². The van der Waals surface area contributed by atoms with E-state index in [1.807, 2.05) is 0 Å². The third kappa shape index (κ3) is 3.00. The molecule has 1 saturated heterocycles. The Bertz CT molecular complexity index is 477. The van der Waals surface area contributed by atoms with Gasteiger partial charge in [0, 0.05) is 25.3 Å². The minimum Gasteiger partial charge on any atom is -0.381 e. The summed E-state index contributed by atoms with van der Waals surface area (Å²) in [6.45, 7) is 2.30. The van der Waals surface area contributed by atoms with Gasteiger partial charge in [-0.1, -0.05) is 11.6 Å². The van der Waals surface area contributed by atoms with Crippen molar-refractivity contribution in [2.45, 2.75) is 18.4 Å². The number of nitriles is 1. The maximum atomic E-state index is 9.06. The molecule has 19 heavy (non-hydrogen) atoms. The summed E-state index contributed by atoms with van der Waals surface area (Å²) >= 11 is 7.10. The third-order valence-electron chi connectivity index (χ3n) is 3.71. The van der Waals surface area contributed by atoms with Gasteiger partial charge in [-0.2, -0.15) is 9.64 Å². The second-order valence-electron chi connectivity index (χ2n) is 4.87. The minimum absolute atomic E-state index is 0.0570. The average Bonchev–Trinajstić information content (AvgIpc) is 2.77. The van der Waals surface area contributed by atoms with E-state index in [0.29, 0.717) is 5.56 Å². The number of aromatic nitrogens is 1. The molecule has 0 aliphatic carbocycles. The molecule has 1 aromatic rings. The lowest BCUT2D eigenvalue weighted by atomic mass is 9.88. The first-order valence-electron chi connectivity index (χ1n) is 6.13. The zero-order valence-corrected chi connectivity index (χ0v) is 12.6. The molecule has 2 heterocycles. The Labute approximate surface area is 122 Å². The van der Waals surface area contributed by atoms with Gasteiger partial charge in [0.25, 0.3) is 0 Å². The number of hydrogen-bond donors (Lipinski definition) is 1. The van der Waals surface area contributed by atoms with Crippen LogP contribution >= 0.6 is 23.1 Å². The summed E-state index contributed by atoms with van der Waals surface area (Å²) in [5.74, 6) is 0. The van der Waals surface area contributed by atoms with Crippen molar-refractivity contribution in [1.82, 2.24) is 9.27 Å². The van der Waals surface area contributed by atoms with E-state index in [-0.39, 0.29) is 10.7 Å². The summed E-state index contributed by atoms with van der Waals surface area (Å²) in [6, 6.07) is 2.09. The first kappa shape index (κ1) is 14.5.